The second-order valence-corrected chi connectivity index (χ2v) is 7.04. The molecule has 2 rings (SSSR count). The van der Waals surface area contributed by atoms with Gasteiger partial charge in [-0.2, -0.15) is 0 Å². The molecule has 0 aliphatic carbocycles. The highest BCUT2D eigenvalue weighted by Crippen LogP contribution is 2.19. The van der Waals surface area contributed by atoms with Crippen molar-refractivity contribution in [3.8, 4) is 0 Å². The van der Waals surface area contributed by atoms with Crippen LogP contribution in [0.5, 0.6) is 0 Å². The van der Waals surface area contributed by atoms with Gasteiger partial charge in [0.15, 0.2) is 9.84 Å². The van der Waals surface area contributed by atoms with E-state index in [0.29, 0.717) is 18.1 Å². The van der Waals surface area contributed by atoms with E-state index < -0.39 is 9.84 Å². The summed E-state index contributed by atoms with van der Waals surface area (Å²) in [5.41, 5.74) is 0. The van der Waals surface area contributed by atoms with Crippen molar-refractivity contribution in [2.45, 2.75) is 6.42 Å². The Balaban J connectivity index is 1.89. The number of halogens is 1. The van der Waals surface area contributed by atoms with Gasteiger partial charge in [-0.3, -0.25) is 0 Å². The van der Waals surface area contributed by atoms with Gasteiger partial charge in [0.2, 0.25) is 0 Å². The van der Waals surface area contributed by atoms with E-state index >= 15 is 0 Å². The number of rotatable bonds is 3. The molecule has 0 spiro atoms. The maximum absolute atomic E-state index is 11.3. The van der Waals surface area contributed by atoms with Crippen molar-refractivity contribution in [3.05, 3.63) is 22.8 Å². The molecule has 1 saturated heterocycles. The molecule has 0 aromatic carbocycles. The number of hydrogen-bond donors (Lipinski definition) is 1. The van der Waals surface area contributed by atoms with Gasteiger partial charge in [-0.25, -0.2) is 13.4 Å². The minimum atomic E-state index is -2.78. The van der Waals surface area contributed by atoms with Crippen molar-refractivity contribution in [3.63, 3.8) is 0 Å². The summed E-state index contributed by atoms with van der Waals surface area (Å²) >= 11 is 3.29. The van der Waals surface area contributed by atoms with Crippen LogP contribution < -0.4 is 5.32 Å². The van der Waals surface area contributed by atoms with Crippen molar-refractivity contribution < 1.29 is 8.42 Å². The fourth-order valence-electron chi connectivity index (χ4n) is 1.79. The van der Waals surface area contributed by atoms with Crippen LogP contribution in [0.1, 0.15) is 6.42 Å². The first-order valence-corrected chi connectivity index (χ1v) is 7.73. The topological polar surface area (TPSA) is 59.1 Å². The highest BCUT2D eigenvalue weighted by Gasteiger charge is 2.27. The SMILES string of the molecule is O=S1(=O)CCC(CNc2cccc(Br)n2)C1. The molecule has 0 bridgehead atoms. The van der Waals surface area contributed by atoms with Gasteiger partial charge in [-0.1, -0.05) is 6.07 Å². The lowest BCUT2D eigenvalue weighted by Gasteiger charge is -2.09. The van der Waals surface area contributed by atoms with Gasteiger partial charge in [-0.05, 0) is 40.4 Å². The Morgan fingerprint density at radius 1 is 1.50 bits per heavy atom. The molecule has 1 aliphatic heterocycles. The molecule has 16 heavy (non-hydrogen) atoms. The minimum Gasteiger partial charge on any atom is -0.370 e. The zero-order valence-corrected chi connectivity index (χ0v) is 11.1. The first-order valence-electron chi connectivity index (χ1n) is 5.12. The van der Waals surface area contributed by atoms with Gasteiger partial charge in [0.25, 0.3) is 0 Å². The van der Waals surface area contributed by atoms with Crippen LogP contribution in [0.2, 0.25) is 0 Å². The molecule has 6 heteroatoms. The molecule has 0 radical (unpaired) electrons. The Labute approximate surface area is 104 Å². The average molecular weight is 305 g/mol. The zero-order chi connectivity index (χ0) is 11.6. The Bertz CT molecular complexity index is 475. The molecule has 1 aromatic rings. The lowest BCUT2D eigenvalue weighted by molar-refractivity contribution is 0.595. The molecule has 1 N–H and O–H groups in total. The molecular formula is C10H13BrN2O2S. The van der Waals surface area contributed by atoms with E-state index in [0.717, 1.165) is 16.8 Å². The van der Waals surface area contributed by atoms with Crippen LogP contribution in [0.3, 0.4) is 0 Å². The van der Waals surface area contributed by atoms with Gasteiger partial charge >= 0.3 is 0 Å². The van der Waals surface area contributed by atoms with E-state index in [1.54, 1.807) is 0 Å². The third-order valence-electron chi connectivity index (χ3n) is 2.61. The average Bonchev–Trinajstić information content (AvgIpc) is 2.56. The predicted molar refractivity (Wildman–Crippen MR) is 67.2 cm³/mol. The second-order valence-electron chi connectivity index (χ2n) is 4.00. The van der Waals surface area contributed by atoms with Crippen molar-refractivity contribution in [1.29, 1.82) is 0 Å². The smallest absolute Gasteiger partial charge is 0.150 e. The van der Waals surface area contributed by atoms with Crippen LogP contribution in [0.4, 0.5) is 5.82 Å². The minimum absolute atomic E-state index is 0.214. The lowest BCUT2D eigenvalue weighted by atomic mass is 10.1. The Morgan fingerprint density at radius 3 is 2.94 bits per heavy atom. The van der Waals surface area contributed by atoms with E-state index in [9.17, 15) is 8.42 Å². The van der Waals surface area contributed by atoms with Gasteiger partial charge < -0.3 is 5.32 Å². The lowest BCUT2D eigenvalue weighted by Crippen LogP contribution is -2.16. The molecule has 0 saturated carbocycles. The van der Waals surface area contributed by atoms with Crippen molar-refractivity contribution in [2.24, 2.45) is 5.92 Å². The van der Waals surface area contributed by atoms with Gasteiger partial charge in [0.05, 0.1) is 11.5 Å². The van der Waals surface area contributed by atoms with E-state index in [1.807, 2.05) is 18.2 Å². The second kappa shape index (κ2) is 4.71. The first kappa shape index (κ1) is 11.9. The number of aromatic nitrogens is 1. The Kier molecular flexibility index (Phi) is 3.49. The predicted octanol–water partition coefficient (Wildman–Crippen LogP) is 1.69. The van der Waals surface area contributed by atoms with Crippen molar-refractivity contribution >= 4 is 31.6 Å². The first-order chi connectivity index (χ1) is 7.55. The number of nitrogens with zero attached hydrogens (tertiary/aromatic N) is 1. The number of sulfone groups is 1. The third-order valence-corrected chi connectivity index (χ3v) is 4.89. The summed E-state index contributed by atoms with van der Waals surface area (Å²) < 4.78 is 23.3. The highest BCUT2D eigenvalue weighted by atomic mass is 79.9. The standard InChI is InChI=1S/C10H13BrN2O2S/c11-9-2-1-3-10(13-9)12-6-8-4-5-16(14,15)7-8/h1-3,8H,4-7H2,(H,12,13). The number of anilines is 1. The largest absolute Gasteiger partial charge is 0.370 e. The van der Waals surface area contributed by atoms with Crippen molar-refractivity contribution in [1.82, 2.24) is 4.98 Å². The monoisotopic (exact) mass is 304 g/mol. The summed E-state index contributed by atoms with van der Waals surface area (Å²) in [6, 6.07) is 5.62. The Hall–Kier alpha value is -0.620. The highest BCUT2D eigenvalue weighted by molar-refractivity contribution is 9.10. The zero-order valence-electron chi connectivity index (χ0n) is 8.69. The summed E-state index contributed by atoms with van der Waals surface area (Å²) in [5, 5.41) is 3.16. The maximum Gasteiger partial charge on any atom is 0.150 e. The fourth-order valence-corrected chi connectivity index (χ4v) is 3.99. The fraction of sp³-hybridized carbons (Fsp3) is 0.500. The van der Waals surface area contributed by atoms with E-state index in [4.69, 9.17) is 0 Å². The molecule has 1 aliphatic rings. The molecule has 1 aromatic heterocycles. The maximum atomic E-state index is 11.3. The number of pyridine rings is 1. The van der Waals surface area contributed by atoms with E-state index in [1.165, 1.54) is 0 Å². The van der Waals surface area contributed by atoms with Gasteiger partial charge in [0, 0.05) is 6.54 Å². The summed E-state index contributed by atoms with van der Waals surface area (Å²) in [6.07, 6.45) is 0.753. The molecule has 1 atom stereocenters. The summed E-state index contributed by atoms with van der Waals surface area (Å²) in [5.74, 6) is 1.61. The van der Waals surface area contributed by atoms with Gasteiger partial charge in [0.1, 0.15) is 10.4 Å². The number of nitrogens with one attached hydrogen (secondary N) is 1. The molecular weight excluding hydrogens is 292 g/mol. The summed E-state index contributed by atoms with van der Waals surface area (Å²) in [4.78, 5) is 4.23. The molecule has 2 heterocycles. The van der Waals surface area contributed by atoms with Crippen molar-refractivity contribution in [2.75, 3.05) is 23.4 Å². The van der Waals surface area contributed by atoms with Crippen LogP contribution in [0.15, 0.2) is 22.8 Å². The van der Waals surface area contributed by atoms with Crippen LogP contribution in [0, 0.1) is 5.92 Å². The van der Waals surface area contributed by atoms with Crippen LogP contribution in [-0.2, 0) is 9.84 Å². The third kappa shape index (κ3) is 3.18. The van der Waals surface area contributed by atoms with Crippen LogP contribution >= 0.6 is 15.9 Å². The molecule has 0 amide bonds. The van der Waals surface area contributed by atoms with Crippen LogP contribution in [0.25, 0.3) is 0 Å². The summed E-state index contributed by atoms with van der Waals surface area (Å²) in [7, 11) is -2.78. The summed E-state index contributed by atoms with van der Waals surface area (Å²) in [6.45, 7) is 0.669. The van der Waals surface area contributed by atoms with Crippen LogP contribution in [-0.4, -0.2) is 31.5 Å². The normalized spacial score (nSPS) is 23.2. The Morgan fingerprint density at radius 2 is 2.31 bits per heavy atom. The number of hydrogen-bond acceptors (Lipinski definition) is 4. The molecule has 1 unspecified atom stereocenters. The van der Waals surface area contributed by atoms with Gasteiger partial charge in [-0.15, -0.1) is 0 Å². The molecule has 88 valence electrons. The van der Waals surface area contributed by atoms with E-state index in [-0.39, 0.29) is 5.92 Å². The quantitative estimate of drug-likeness (QED) is 0.863. The van der Waals surface area contributed by atoms with E-state index in [2.05, 4.69) is 26.2 Å². The molecule has 1 fully saturated rings. The molecule has 4 nitrogen and oxygen atoms in total.